The Morgan fingerprint density at radius 2 is 1.71 bits per heavy atom. The van der Waals surface area contributed by atoms with Gasteiger partial charge in [0.1, 0.15) is 11.5 Å². The number of hydrogen-bond acceptors (Lipinski definition) is 3. The summed E-state index contributed by atoms with van der Waals surface area (Å²) in [5.41, 5.74) is 0.536. The second-order valence-electron chi connectivity index (χ2n) is 4.56. The number of halogens is 1. The third-order valence-electron chi connectivity index (χ3n) is 3.10. The number of carbonyl (C=O) groups excluding carboxylic acids is 1. The van der Waals surface area contributed by atoms with Crippen LogP contribution in [-0.2, 0) is 0 Å². The monoisotopic (exact) mass is 390 g/mol. The van der Waals surface area contributed by atoms with Gasteiger partial charge in [0.2, 0.25) is 0 Å². The van der Waals surface area contributed by atoms with E-state index in [-0.39, 0.29) is 11.7 Å². The Bertz CT molecular complexity index is 827. The number of phenols is 1. The van der Waals surface area contributed by atoms with E-state index in [4.69, 9.17) is 4.74 Å². The lowest BCUT2D eigenvalue weighted by molar-refractivity contribution is 0.0734. The van der Waals surface area contributed by atoms with E-state index in [1.165, 1.54) is 0 Å². The minimum atomic E-state index is -0.389. The van der Waals surface area contributed by atoms with Gasteiger partial charge in [-0.25, -0.2) is 4.79 Å². The van der Waals surface area contributed by atoms with Crippen LogP contribution in [0.5, 0.6) is 11.5 Å². The number of phenolic OH excluding ortho intramolecular Hbond substituents is 1. The van der Waals surface area contributed by atoms with E-state index in [0.717, 1.165) is 14.3 Å². The number of hydrogen-bond donors (Lipinski definition) is 1. The summed E-state index contributed by atoms with van der Waals surface area (Å²) in [5.74, 6) is 0.251. The molecule has 3 nitrogen and oxygen atoms in total. The molecule has 0 aliphatic heterocycles. The number of fused-ring (bicyclic) bond motifs is 1. The SMILES string of the molecule is O=C(Oc1ccc2ccc(O)cc2c1)c1ccccc1I. The molecule has 0 saturated heterocycles. The quantitative estimate of drug-likeness (QED) is 0.402. The van der Waals surface area contributed by atoms with Gasteiger partial charge in [0.15, 0.2) is 0 Å². The van der Waals surface area contributed by atoms with Crippen molar-refractivity contribution in [3.8, 4) is 11.5 Å². The molecule has 3 aromatic carbocycles. The first-order chi connectivity index (χ1) is 10.1. The summed E-state index contributed by atoms with van der Waals surface area (Å²) in [6.45, 7) is 0. The molecular formula is C17H11IO3. The molecule has 0 aliphatic carbocycles. The smallest absolute Gasteiger partial charge is 0.344 e. The van der Waals surface area contributed by atoms with E-state index < -0.39 is 0 Å². The molecule has 0 amide bonds. The van der Waals surface area contributed by atoms with Crippen molar-refractivity contribution < 1.29 is 14.6 Å². The average molecular weight is 390 g/mol. The third-order valence-corrected chi connectivity index (χ3v) is 4.04. The first kappa shape index (κ1) is 13.9. The second-order valence-corrected chi connectivity index (χ2v) is 5.72. The molecule has 4 heteroatoms. The fraction of sp³-hybridized carbons (Fsp3) is 0. The number of esters is 1. The number of carbonyl (C=O) groups is 1. The van der Waals surface area contributed by atoms with Crippen LogP contribution in [0.25, 0.3) is 10.8 Å². The lowest BCUT2D eigenvalue weighted by atomic mass is 10.1. The van der Waals surface area contributed by atoms with Crippen LogP contribution in [-0.4, -0.2) is 11.1 Å². The summed E-state index contributed by atoms with van der Waals surface area (Å²) in [6.07, 6.45) is 0. The molecular weight excluding hydrogens is 379 g/mol. The van der Waals surface area contributed by atoms with Crippen molar-refractivity contribution in [1.29, 1.82) is 0 Å². The van der Waals surface area contributed by atoms with Crippen LogP contribution in [0.3, 0.4) is 0 Å². The topological polar surface area (TPSA) is 46.5 Å². The molecule has 21 heavy (non-hydrogen) atoms. The van der Waals surface area contributed by atoms with Crippen LogP contribution in [0.15, 0.2) is 60.7 Å². The van der Waals surface area contributed by atoms with E-state index in [9.17, 15) is 9.90 Å². The van der Waals surface area contributed by atoms with E-state index in [1.54, 1.807) is 36.4 Å². The van der Waals surface area contributed by atoms with Gasteiger partial charge < -0.3 is 9.84 Å². The van der Waals surface area contributed by atoms with Gasteiger partial charge in [-0.2, -0.15) is 0 Å². The average Bonchev–Trinajstić information content (AvgIpc) is 2.47. The standard InChI is InChI=1S/C17H11IO3/c18-16-4-2-1-3-15(16)17(20)21-14-8-6-11-5-7-13(19)9-12(11)10-14/h1-10,19H. The van der Waals surface area contributed by atoms with Gasteiger partial charge in [0.05, 0.1) is 5.56 Å². The van der Waals surface area contributed by atoms with Crippen molar-refractivity contribution >= 4 is 39.3 Å². The Morgan fingerprint density at radius 3 is 2.52 bits per heavy atom. The van der Waals surface area contributed by atoms with Crippen molar-refractivity contribution in [3.63, 3.8) is 0 Å². The summed E-state index contributed by atoms with van der Waals surface area (Å²) in [4.78, 5) is 12.2. The number of aromatic hydroxyl groups is 1. The van der Waals surface area contributed by atoms with Crippen LogP contribution in [0, 0.1) is 3.57 Å². The molecule has 0 radical (unpaired) electrons. The fourth-order valence-corrected chi connectivity index (χ4v) is 2.67. The minimum absolute atomic E-state index is 0.184. The van der Waals surface area contributed by atoms with Crippen LogP contribution in [0.1, 0.15) is 10.4 Å². The highest BCUT2D eigenvalue weighted by atomic mass is 127. The Morgan fingerprint density at radius 1 is 0.952 bits per heavy atom. The highest BCUT2D eigenvalue weighted by molar-refractivity contribution is 14.1. The summed E-state index contributed by atoms with van der Waals surface area (Å²) in [7, 11) is 0. The third kappa shape index (κ3) is 3.00. The van der Waals surface area contributed by atoms with E-state index >= 15 is 0 Å². The Kier molecular flexibility index (Phi) is 3.79. The molecule has 0 unspecified atom stereocenters. The molecule has 104 valence electrons. The molecule has 0 aliphatic rings. The van der Waals surface area contributed by atoms with Crippen LogP contribution in [0.2, 0.25) is 0 Å². The van der Waals surface area contributed by atoms with Gasteiger partial charge in [0, 0.05) is 3.57 Å². The van der Waals surface area contributed by atoms with Gasteiger partial charge in [0.25, 0.3) is 0 Å². The van der Waals surface area contributed by atoms with Crippen molar-refractivity contribution in [1.82, 2.24) is 0 Å². The lowest BCUT2D eigenvalue weighted by Crippen LogP contribution is -2.10. The molecule has 0 aromatic heterocycles. The maximum absolute atomic E-state index is 12.2. The predicted molar refractivity (Wildman–Crippen MR) is 89.7 cm³/mol. The van der Waals surface area contributed by atoms with Gasteiger partial charge >= 0.3 is 5.97 Å². The highest BCUT2D eigenvalue weighted by Gasteiger charge is 2.12. The maximum Gasteiger partial charge on any atom is 0.344 e. The molecule has 0 saturated carbocycles. The first-order valence-corrected chi connectivity index (χ1v) is 7.41. The Balaban J connectivity index is 1.91. The zero-order chi connectivity index (χ0) is 14.8. The van der Waals surface area contributed by atoms with Crippen molar-refractivity contribution in [2.75, 3.05) is 0 Å². The van der Waals surface area contributed by atoms with Crippen molar-refractivity contribution in [2.45, 2.75) is 0 Å². The van der Waals surface area contributed by atoms with Crippen molar-refractivity contribution in [3.05, 3.63) is 69.8 Å². The van der Waals surface area contributed by atoms with Crippen molar-refractivity contribution in [2.24, 2.45) is 0 Å². The molecule has 0 heterocycles. The highest BCUT2D eigenvalue weighted by Crippen LogP contribution is 2.25. The van der Waals surface area contributed by atoms with Crippen LogP contribution in [0.4, 0.5) is 0 Å². The Hall–Kier alpha value is -2.08. The minimum Gasteiger partial charge on any atom is -0.508 e. The van der Waals surface area contributed by atoms with Gasteiger partial charge in [-0.1, -0.05) is 24.3 Å². The number of rotatable bonds is 2. The molecule has 0 spiro atoms. The van der Waals surface area contributed by atoms with Gasteiger partial charge in [-0.3, -0.25) is 0 Å². The summed E-state index contributed by atoms with van der Waals surface area (Å²) in [5, 5.41) is 11.3. The molecule has 0 bridgehead atoms. The Labute approximate surface area is 135 Å². The van der Waals surface area contributed by atoms with E-state index in [0.29, 0.717) is 11.3 Å². The largest absolute Gasteiger partial charge is 0.508 e. The molecule has 1 N–H and O–H groups in total. The molecule has 3 rings (SSSR count). The van der Waals surface area contributed by atoms with Crippen LogP contribution < -0.4 is 4.74 Å². The summed E-state index contributed by atoms with van der Waals surface area (Å²) < 4.78 is 6.25. The zero-order valence-corrected chi connectivity index (χ0v) is 13.1. The molecule has 3 aromatic rings. The van der Waals surface area contributed by atoms with Gasteiger partial charge in [-0.15, -0.1) is 0 Å². The zero-order valence-electron chi connectivity index (χ0n) is 10.9. The lowest BCUT2D eigenvalue weighted by Gasteiger charge is -2.07. The molecule has 0 fully saturated rings. The molecule has 0 atom stereocenters. The number of benzene rings is 3. The summed E-state index contributed by atoms with van der Waals surface area (Å²) >= 11 is 2.10. The van der Waals surface area contributed by atoms with Gasteiger partial charge in [-0.05, 0) is 69.8 Å². The normalized spacial score (nSPS) is 10.5. The first-order valence-electron chi connectivity index (χ1n) is 6.33. The maximum atomic E-state index is 12.2. The second kappa shape index (κ2) is 5.73. The number of ether oxygens (including phenoxy) is 1. The van der Waals surface area contributed by atoms with E-state index in [2.05, 4.69) is 22.6 Å². The van der Waals surface area contributed by atoms with Crippen LogP contribution >= 0.6 is 22.6 Å². The fourth-order valence-electron chi connectivity index (χ4n) is 2.06. The summed E-state index contributed by atoms with van der Waals surface area (Å²) in [6, 6.07) is 17.7. The van der Waals surface area contributed by atoms with E-state index in [1.807, 2.05) is 24.3 Å². The predicted octanol–water partition coefficient (Wildman–Crippen LogP) is 4.37.